The zero-order valence-corrected chi connectivity index (χ0v) is 20.1. The van der Waals surface area contributed by atoms with Gasteiger partial charge in [0, 0.05) is 11.3 Å². The zero-order valence-electron chi connectivity index (χ0n) is 20.1. The standard InChI is InChI=1S/C31H30N2O2/c1-23-13-15-26(16-14-23)22-33(31(35)28-11-7-4-8-12-28)29-19-17-25(18-20-29)21-30(34)32-24(2)27-9-5-3-6-10-27/h3-20,24H,21-22H2,1-2H3,(H,32,34)/t24-/m0/s1. The van der Waals surface area contributed by atoms with Crippen molar-refractivity contribution in [3.05, 3.63) is 137 Å². The van der Waals surface area contributed by atoms with Gasteiger partial charge in [0.1, 0.15) is 0 Å². The number of rotatable bonds is 8. The molecule has 0 heterocycles. The van der Waals surface area contributed by atoms with Crippen molar-refractivity contribution in [2.75, 3.05) is 4.90 Å². The van der Waals surface area contributed by atoms with Crippen LogP contribution in [0.5, 0.6) is 0 Å². The first-order valence-electron chi connectivity index (χ1n) is 11.9. The molecular formula is C31H30N2O2. The number of benzene rings is 4. The van der Waals surface area contributed by atoms with Crippen molar-refractivity contribution in [2.45, 2.75) is 32.9 Å². The molecule has 0 unspecified atom stereocenters. The number of hydrogen-bond donors (Lipinski definition) is 1. The van der Waals surface area contributed by atoms with E-state index in [0.717, 1.165) is 22.4 Å². The molecule has 0 saturated heterocycles. The second kappa shape index (κ2) is 11.3. The van der Waals surface area contributed by atoms with Gasteiger partial charge < -0.3 is 10.2 Å². The van der Waals surface area contributed by atoms with E-state index in [1.165, 1.54) is 5.56 Å². The topological polar surface area (TPSA) is 49.4 Å². The van der Waals surface area contributed by atoms with E-state index in [9.17, 15) is 9.59 Å². The van der Waals surface area contributed by atoms with Gasteiger partial charge in [0.25, 0.3) is 5.91 Å². The van der Waals surface area contributed by atoms with Gasteiger partial charge in [-0.1, -0.05) is 90.5 Å². The van der Waals surface area contributed by atoms with Gasteiger partial charge in [-0.25, -0.2) is 0 Å². The number of nitrogens with one attached hydrogen (secondary N) is 1. The Morgan fingerprint density at radius 3 is 1.94 bits per heavy atom. The monoisotopic (exact) mass is 462 g/mol. The van der Waals surface area contributed by atoms with E-state index in [4.69, 9.17) is 0 Å². The number of nitrogens with zero attached hydrogens (tertiary/aromatic N) is 1. The predicted molar refractivity (Wildman–Crippen MR) is 141 cm³/mol. The van der Waals surface area contributed by atoms with E-state index in [-0.39, 0.29) is 24.3 Å². The number of anilines is 1. The lowest BCUT2D eigenvalue weighted by Crippen LogP contribution is -2.30. The molecule has 0 saturated carbocycles. The highest BCUT2D eigenvalue weighted by molar-refractivity contribution is 6.06. The van der Waals surface area contributed by atoms with Crippen LogP contribution in [-0.2, 0) is 17.8 Å². The maximum absolute atomic E-state index is 13.4. The lowest BCUT2D eigenvalue weighted by atomic mass is 10.1. The van der Waals surface area contributed by atoms with Crippen LogP contribution in [0.4, 0.5) is 5.69 Å². The van der Waals surface area contributed by atoms with E-state index in [1.54, 1.807) is 4.90 Å². The molecule has 0 radical (unpaired) electrons. The first kappa shape index (κ1) is 24.0. The first-order valence-corrected chi connectivity index (χ1v) is 11.9. The number of amides is 2. The molecule has 2 amide bonds. The van der Waals surface area contributed by atoms with Gasteiger partial charge in [-0.15, -0.1) is 0 Å². The highest BCUT2D eigenvalue weighted by Gasteiger charge is 2.18. The molecule has 176 valence electrons. The first-order chi connectivity index (χ1) is 17.0. The highest BCUT2D eigenvalue weighted by atomic mass is 16.2. The summed E-state index contributed by atoms with van der Waals surface area (Å²) in [6.07, 6.45) is 0.280. The Morgan fingerprint density at radius 2 is 1.31 bits per heavy atom. The average molecular weight is 463 g/mol. The predicted octanol–water partition coefficient (Wildman–Crippen LogP) is 6.26. The Bertz CT molecular complexity index is 1250. The third-order valence-corrected chi connectivity index (χ3v) is 6.02. The molecule has 0 aliphatic carbocycles. The maximum Gasteiger partial charge on any atom is 0.258 e. The van der Waals surface area contributed by atoms with Crippen molar-refractivity contribution in [3.8, 4) is 0 Å². The quantitative estimate of drug-likeness (QED) is 0.336. The summed E-state index contributed by atoms with van der Waals surface area (Å²) in [5, 5.41) is 3.06. The minimum atomic E-state index is -0.0617. The van der Waals surface area contributed by atoms with Crippen molar-refractivity contribution in [1.82, 2.24) is 5.32 Å². The normalized spacial score (nSPS) is 11.5. The second-order valence-electron chi connectivity index (χ2n) is 8.79. The molecule has 4 aromatic carbocycles. The summed E-state index contributed by atoms with van der Waals surface area (Å²) in [5.41, 5.74) is 5.63. The Kier molecular flexibility index (Phi) is 7.74. The van der Waals surface area contributed by atoms with Crippen LogP contribution in [0.15, 0.2) is 109 Å². The Balaban J connectivity index is 1.49. The average Bonchev–Trinajstić information content (AvgIpc) is 2.89. The van der Waals surface area contributed by atoms with Crippen LogP contribution < -0.4 is 10.2 Å². The van der Waals surface area contributed by atoms with Gasteiger partial charge in [-0.05, 0) is 54.8 Å². The maximum atomic E-state index is 13.4. The van der Waals surface area contributed by atoms with Crippen LogP contribution in [0, 0.1) is 6.92 Å². The molecule has 0 bridgehead atoms. The molecule has 4 nitrogen and oxygen atoms in total. The summed E-state index contributed by atoms with van der Waals surface area (Å²) in [6, 6.07) is 35.0. The largest absolute Gasteiger partial charge is 0.349 e. The SMILES string of the molecule is Cc1ccc(CN(C(=O)c2ccccc2)c2ccc(CC(=O)N[C@@H](C)c3ccccc3)cc2)cc1. The van der Waals surface area contributed by atoms with Crippen LogP contribution in [-0.4, -0.2) is 11.8 Å². The van der Waals surface area contributed by atoms with E-state index >= 15 is 0 Å². The minimum absolute atomic E-state index is 0.0361. The molecule has 1 N–H and O–H groups in total. The summed E-state index contributed by atoms with van der Waals surface area (Å²) in [6.45, 7) is 4.49. The van der Waals surface area contributed by atoms with Gasteiger partial charge in [-0.2, -0.15) is 0 Å². The van der Waals surface area contributed by atoms with Crippen molar-refractivity contribution in [3.63, 3.8) is 0 Å². The van der Waals surface area contributed by atoms with Crippen molar-refractivity contribution < 1.29 is 9.59 Å². The number of aryl methyl sites for hydroxylation is 1. The molecule has 1 atom stereocenters. The lowest BCUT2D eigenvalue weighted by Gasteiger charge is -2.24. The third kappa shape index (κ3) is 6.45. The van der Waals surface area contributed by atoms with Crippen LogP contribution in [0.25, 0.3) is 0 Å². The molecule has 35 heavy (non-hydrogen) atoms. The van der Waals surface area contributed by atoms with Gasteiger partial charge in [0.2, 0.25) is 5.91 Å². The van der Waals surface area contributed by atoms with E-state index in [1.807, 2.05) is 111 Å². The van der Waals surface area contributed by atoms with Crippen molar-refractivity contribution >= 4 is 17.5 Å². The fourth-order valence-electron chi connectivity index (χ4n) is 3.99. The molecule has 0 aliphatic rings. The smallest absolute Gasteiger partial charge is 0.258 e. The van der Waals surface area contributed by atoms with Gasteiger partial charge >= 0.3 is 0 Å². The second-order valence-corrected chi connectivity index (χ2v) is 8.79. The summed E-state index contributed by atoms with van der Waals surface area (Å²) in [7, 11) is 0. The molecule has 0 aliphatic heterocycles. The molecule has 4 heteroatoms. The van der Waals surface area contributed by atoms with Gasteiger partial charge in [0.15, 0.2) is 0 Å². The summed E-state index contributed by atoms with van der Waals surface area (Å²) in [4.78, 5) is 27.8. The Hall–Kier alpha value is -4.18. The highest BCUT2D eigenvalue weighted by Crippen LogP contribution is 2.22. The van der Waals surface area contributed by atoms with Crippen LogP contribution >= 0.6 is 0 Å². The number of hydrogen-bond acceptors (Lipinski definition) is 2. The minimum Gasteiger partial charge on any atom is -0.349 e. The molecule has 0 fully saturated rings. The van der Waals surface area contributed by atoms with Crippen molar-refractivity contribution in [1.29, 1.82) is 0 Å². The molecule has 4 rings (SSSR count). The van der Waals surface area contributed by atoms with E-state index in [2.05, 4.69) is 17.4 Å². The number of carbonyl (C=O) groups excluding carboxylic acids is 2. The fourth-order valence-corrected chi connectivity index (χ4v) is 3.99. The summed E-state index contributed by atoms with van der Waals surface area (Å²) >= 11 is 0. The third-order valence-electron chi connectivity index (χ3n) is 6.02. The molecule has 0 aromatic heterocycles. The number of carbonyl (C=O) groups is 2. The van der Waals surface area contributed by atoms with E-state index < -0.39 is 0 Å². The zero-order chi connectivity index (χ0) is 24.6. The lowest BCUT2D eigenvalue weighted by molar-refractivity contribution is -0.121. The molecular weight excluding hydrogens is 432 g/mol. The van der Waals surface area contributed by atoms with Gasteiger partial charge in [-0.3, -0.25) is 9.59 Å². The van der Waals surface area contributed by atoms with Gasteiger partial charge in [0.05, 0.1) is 19.0 Å². The van der Waals surface area contributed by atoms with Crippen molar-refractivity contribution in [2.24, 2.45) is 0 Å². The Morgan fingerprint density at radius 1 is 0.743 bits per heavy atom. The molecule has 0 spiro atoms. The fraction of sp³-hybridized carbons (Fsp3) is 0.161. The van der Waals surface area contributed by atoms with Crippen LogP contribution in [0.3, 0.4) is 0 Å². The van der Waals surface area contributed by atoms with Crippen LogP contribution in [0.1, 0.15) is 45.6 Å². The summed E-state index contributed by atoms with van der Waals surface area (Å²) in [5.74, 6) is -0.0978. The Labute approximate surface area is 207 Å². The van der Waals surface area contributed by atoms with Crippen LogP contribution in [0.2, 0.25) is 0 Å². The summed E-state index contributed by atoms with van der Waals surface area (Å²) < 4.78 is 0. The molecule has 4 aromatic rings. The van der Waals surface area contributed by atoms with E-state index in [0.29, 0.717) is 12.1 Å².